The van der Waals surface area contributed by atoms with Gasteiger partial charge in [-0.25, -0.2) is 0 Å². The summed E-state index contributed by atoms with van der Waals surface area (Å²) >= 11 is 0. The standard InChI is InChI=1S/C30H30N2O3/c1-21-10-6-7-13-24(21)20-31-16-9-17-32(19-18-31)30(34)26-15-8-14-25-27(33)22(2)28(35-29(25)26)23-11-4-3-5-12-23/h3-8,10-15H,9,16-20H2,1-2H3. The van der Waals surface area contributed by atoms with E-state index in [1.54, 1.807) is 25.1 Å². The lowest BCUT2D eigenvalue weighted by molar-refractivity contribution is 0.0762. The molecule has 1 aliphatic rings. The minimum Gasteiger partial charge on any atom is -0.455 e. The number of hydrogen-bond donors (Lipinski definition) is 0. The number of para-hydroxylation sites is 1. The molecule has 178 valence electrons. The lowest BCUT2D eigenvalue weighted by atomic mass is 10.0. The third-order valence-corrected chi connectivity index (χ3v) is 6.94. The first-order valence-corrected chi connectivity index (χ1v) is 12.2. The summed E-state index contributed by atoms with van der Waals surface area (Å²) in [6.07, 6.45) is 0.903. The van der Waals surface area contributed by atoms with E-state index in [1.165, 1.54) is 11.1 Å². The van der Waals surface area contributed by atoms with Crippen molar-refractivity contribution in [3.8, 4) is 11.3 Å². The second-order valence-electron chi connectivity index (χ2n) is 9.28. The van der Waals surface area contributed by atoms with Crippen molar-refractivity contribution < 1.29 is 9.21 Å². The van der Waals surface area contributed by atoms with Crippen molar-refractivity contribution in [1.29, 1.82) is 0 Å². The van der Waals surface area contributed by atoms with E-state index in [0.29, 0.717) is 40.9 Å². The van der Waals surface area contributed by atoms with Gasteiger partial charge in [-0.15, -0.1) is 0 Å². The molecule has 5 rings (SSSR count). The van der Waals surface area contributed by atoms with Crippen LogP contribution in [0.4, 0.5) is 0 Å². The first-order chi connectivity index (χ1) is 17.0. The monoisotopic (exact) mass is 466 g/mol. The Hall–Kier alpha value is -3.70. The van der Waals surface area contributed by atoms with Gasteiger partial charge in [-0.2, -0.15) is 0 Å². The van der Waals surface area contributed by atoms with Crippen LogP contribution in [0.2, 0.25) is 0 Å². The van der Waals surface area contributed by atoms with Gasteiger partial charge in [0.15, 0.2) is 11.0 Å². The number of carbonyl (C=O) groups is 1. The Morgan fingerprint density at radius 2 is 1.63 bits per heavy atom. The summed E-state index contributed by atoms with van der Waals surface area (Å²) in [5.41, 5.74) is 4.71. The fraction of sp³-hybridized carbons (Fsp3) is 0.267. The second kappa shape index (κ2) is 9.88. The van der Waals surface area contributed by atoms with Crippen LogP contribution in [0.3, 0.4) is 0 Å². The topological polar surface area (TPSA) is 53.8 Å². The number of rotatable bonds is 4. The average molecular weight is 467 g/mol. The summed E-state index contributed by atoms with van der Waals surface area (Å²) in [7, 11) is 0. The minimum atomic E-state index is -0.0972. The van der Waals surface area contributed by atoms with E-state index in [1.807, 2.05) is 35.2 Å². The molecule has 3 aromatic carbocycles. The lowest BCUT2D eigenvalue weighted by Gasteiger charge is -2.23. The SMILES string of the molecule is Cc1ccccc1CN1CCCN(C(=O)c2cccc3c(=O)c(C)c(-c4ccccc4)oc23)CC1. The van der Waals surface area contributed by atoms with Gasteiger partial charge in [-0.05, 0) is 43.5 Å². The maximum Gasteiger partial charge on any atom is 0.257 e. The number of nitrogens with zero attached hydrogens (tertiary/aromatic N) is 2. The summed E-state index contributed by atoms with van der Waals surface area (Å²) in [5, 5.41) is 0.448. The first kappa shape index (κ1) is 23.1. The summed E-state index contributed by atoms with van der Waals surface area (Å²) in [4.78, 5) is 31.2. The highest BCUT2D eigenvalue weighted by Gasteiger charge is 2.24. The van der Waals surface area contributed by atoms with E-state index in [0.717, 1.165) is 31.6 Å². The molecule has 1 fully saturated rings. The summed E-state index contributed by atoms with van der Waals surface area (Å²) in [5.74, 6) is 0.433. The molecule has 1 saturated heterocycles. The van der Waals surface area contributed by atoms with Crippen molar-refractivity contribution in [2.45, 2.75) is 26.8 Å². The van der Waals surface area contributed by atoms with Crippen LogP contribution in [0, 0.1) is 13.8 Å². The second-order valence-corrected chi connectivity index (χ2v) is 9.28. The predicted molar refractivity (Wildman–Crippen MR) is 140 cm³/mol. The van der Waals surface area contributed by atoms with E-state index >= 15 is 0 Å². The van der Waals surface area contributed by atoms with Gasteiger partial charge < -0.3 is 9.32 Å². The van der Waals surface area contributed by atoms with Crippen LogP contribution >= 0.6 is 0 Å². The van der Waals surface area contributed by atoms with E-state index in [2.05, 4.69) is 36.1 Å². The van der Waals surface area contributed by atoms with Gasteiger partial charge in [0.2, 0.25) is 0 Å². The van der Waals surface area contributed by atoms with Gasteiger partial charge in [-0.1, -0.05) is 60.7 Å². The van der Waals surface area contributed by atoms with Gasteiger partial charge in [0.1, 0.15) is 5.76 Å². The number of amides is 1. The van der Waals surface area contributed by atoms with Gasteiger partial charge in [0.25, 0.3) is 5.91 Å². The maximum atomic E-state index is 13.7. The van der Waals surface area contributed by atoms with Crippen LogP contribution in [0.1, 0.15) is 33.5 Å². The number of aryl methyl sites for hydroxylation is 1. The third-order valence-electron chi connectivity index (χ3n) is 6.94. The molecule has 1 aliphatic heterocycles. The summed E-state index contributed by atoms with van der Waals surface area (Å²) in [6.45, 7) is 7.88. The van der Waals surface area contributed by atoms with Gasteiger partial charge in [0.05, 0.1) is 10.9 Å². The normalized spacial score (nSPS) is 14.7. The highest BCUT2D eigenvalue weighted by molar-refractivity contribution is 6.05. The lowest BCUT2D eigenvalue weighted by Crippen LogP contribution is -2.35. The quantitative estimate of drug-likeness (QED) is 0.403. The average Bonchev–Trinajstić information content (AvgIpc) is 3.13. The predicted octanol–water partition coefficient (Wildman–Crippen LogP) is 5.42. The maximum absolute atomic E-state index is 13.7. The van der Waals surface area contributed by atoms with E-state index in [-0.39, 0.29) is 11.3 Å². The van der Waals surface area contributed by atoms with Crippen molar-refractivity contribution in [2.24, 2.45) is 0 Å². The molecule has 2 heterocycles. The molecule has 4 aromatic rings. The Balaban J connectivity index is 1.43. The van der Waals surface area contributed by atoms with Crippen LogP contribution in [0.5, 0.6) is 0 Å². The van der Waals surface area contributed by atoms with Crippen LogP contribution in [-0.4, -0.2) is 41.9 Å². The van der Waals surface area contributed by atoms with Gasteiger partial charge >= 0.3 is 0 Å². The summed E-state index contributed by atoms with van der Waals surface area (Å²) in [6, 6.07) is 23.3. The van der Waals surface area contributed by atoms with Crippen molar-refractivity contribution >= 4 is 16.9 Å². The van der Waals surface area contributed by atoms with Crippen LogP contribution < -0.4 is 5.43 Å². The fourth-order valence-electron chi connectivity index (χ4n) is 4.87. The largest absolute Gasteiger partial charge is 0.455 e. The molecular weight excluding hydrogens is 436 g/mol. The molecule has 0 atom stereocenters. The van der Waals surface area contributed by atoms with Crippen molar-refractivity contribution in [3.63, 3.8) is 0 Å². The molecule has 0 aliphatic carbocycles. The van der Waals surface area contributed by atoms with Gasteiger partial charge in [-0.3, -0.25) is 14.5 Å². The van der Waals surface area contributed by atoms with Crippen LogP contribution in [-0.2, 0) is 6.54 Å². The third kappa shape index (κ3) is 4.64. The zero-order valence-electron chi connectivity index (χ0n) is 20.3. The smallest absolute Gasteiger partial charge is 0.257 e. The zero-order valence-corrected chi connectivity index (χ0v) is 20.3. The van der Waals surface area contributed by atoms with E-state index in [4.69, 9.17) is 4.42 Å². The Bertz CT molecular complexity index is 1420. The highest BCUT2D eigenvalue weighted by Crippen LogP contribution is 2.28. The Morgan fingerprint density at radius 1 is 0.857 bits per heavy atom. The molecule has 0 radical (unpaired) electrons. The Kier molecular flexibility index (Phi) is 6.51. The number of benzene rings is 3. The van der Waals surface area contributed by atoms with Gasteiger partial charge in [0, 0.05) is 43.9 Å². The van der Waals surface area contributed by atoms with Crippen molar-refractivity contribution in [1.82, 2.24) is 9.80 Å². The van der Waals surface area contributed by atoms with Crippen LogP contribution in [0.15, 0.2) is 82.0 Å². The van der Waals surface area contributed by atoms with Crippen molar-refractivity contribution in [3.05, 3.63) is 105 Å². The Labute approximate surface area is 205 Å². The van der Waals surface area contributed by atoms with Crippen LogP contribution in [0.25, 0.3) is 22.3 Å². The van der Waals surface area contributed by atoms with E-state index in [9.17, 15) is 9.59 Å². The molecular formula is C30H30N2O3. The molecule has 0 bridgehead atoms. The molecule has 1 aromatic heterocycles. The molecule has 0 spiro atoms. The molecule has 0 saturated carbocycles. The molecule has 5 heteroatoms. The highest BCUT2D eigenvalue weighted by atomic mass is 16.3. The number of carbonyl (C=O) groups excluding carboxylic acids is 1. The Morgan fingerprint density at radius 3 is 2.43 bits per heavy atom. The molecule has 1 amide bonds. The number of fused-ring (bicyclic) bond motifs is 1. The fourth-order valence-corrected chi connectivity index (χ4v) is 4.87. The molecule has 5 nitrogen and oxygen atoms in total. The zero-order chi connectivity index (χ0) is 24.4. The molecule has 0 unspecified atom stereocenters. The van der Waals surface area contributed by atoms with E-state index < -0.39 is 0 Å². The van der Waals surface area contributed by atoms with Crippen molar-refractivity contribution in [2.75, 3.05) is 26.2 Å². The molecule has 35 heavy (non-hydrogen) atoms. The first-order valence-electron chi connectivity index (χ1n) is 12.2. The molecule has 0 N–H and O–H groups in total. The summed E-state index contributed by atoms with van der Waals surface area (Å²) < 4.78 is 6.29. The minimum absolute atomic E-state index is 0.0839. The number of hydrogen-bond acceptors (Lipinski definition) is 4.